The summed E-state index contributed by atoms with van der Waals surface area (Å²) in [7, 11) is 2.78. The van der Waals surface area contributed by atoms with Crippen LogP contribution in [0.2, 0.25) is 5.02 Å². The van der Waals surface area contributed by atoms with Gasteiger partial charge in [0.25, 0.3) is 0 Å². The van der Waals surface area contributed by atoms with Gasteiger partial charge in [0.05, 0.1) is 7.11 Å². The Labute approximate surface area is 221 Å². The largest absolute Gasteiger partial charge is 0.493 e. The van der Waals surface area contributed by atoms with Crippen LogP contribution in [0.4, 0.5) is 22.0 Å². The van der Waals surface area contributed by atoms with Crippen LogP contribution in [-0.2, 0) is 17.4 Å². The summed E-state index contributed by atoms with van der Waals surface area (Å²) in [6.45, 7) is -3.06. The number of pyridine rings is 1. The molecule has 0 aliphatic rings. The van der Waals surface area contributed by atoms with Gasteiger partial charge in [-0.2, -0.15) is 22.0 Å². The van der Waals surface area contributed by atoms with Gasteiger partial charge in [-0.15, -0.1) is 0 Å². The van der Waals surface area contributed by atoms with Crippen LogP contribution in [-0.4, -0.2) is 31.7 Å². The highest BCUT2D eigenvalue weighted by molar-refractivity contribution is 6.30. The van der Waals surface area contributed by atoms with Crippen molar-refractivity contribution in [2.24, 2.45) is 0 Å². The zero-order chi connectivity index (χ0) is 27.9. The number of carbonyl (C=O) groups is 1. The van der Waals surface area contributed by atoms with E-state index >= 15 is 0 Å². The molecule has 0 fully saturated rings. The molecular weight excluding hydrogens is 533 g/mol. The Hall–Kier alpha value is -3.44. The molecule has 3 aromatic rings. The Morgan fingerprint density at radius 3 is 2.26 bits per heavy atom. The molecule has 0 aliphatic carbocycles. The third-order valence-electron chi connectivity index (χ3n) is 5.72. The minimum atomic E-state index is -4.56. The fourth-order valence-corrected chi connectivity index (χ4v) is 3.94. The number of aryl methyl sites for hydroxylation is 1. The molecule has 0 bridgehead atoms. The zero-order valence-corrected chi connectivity index (χ0v) is 21.1. The van der Waals surface area contributed by atoms with Crippen LogP contribution < -0.4 is 20.1 Å². The Balaban J connectivity index is 1.94. The molecule has 0 spiro atoms. The van der Waals surface area contributed by atoms with E-state index in [1.807, 2.05) is 0 Å². The summed E-state index contributed by atoms with van der Waals surface area (Å²) < 4.78 is 74.0. The van der Waals surface area contributed by atoms with Gasteiger partial charge in [0, 0.05) is 24.3 Å². The lowest BCUT2D eigenvalue weighted by Gasteiger charge is -2.26. The van der Waals surface area contributed by atoms with Crippen molar-refractivity contribution in [3.8, 4) is 11.5 Å². The number of rotatable bonds is 11. The maximum absolute atomic E-state index is 12.9. The first-order valence-corrected chi connectivity index (χ1v) is 11.8. The molecule has 38 heavy (non-hydrogen) atoms. The third-order valence-corrected chi connectivity index (χ3v) is 5.97. The molecule has 2 aromatic carbocycles. The van der Waals surface area contributed by atoms with Crippen LogP contribution in [0.15, 0.2) is 60.8 Å². The molecule has 12 heteroatoms. The number of nitrogens with one attached hydrogen (secondary N) is 2. The van der Waals surface area contributed by atoms with E-state index in [1.165, 1.54) is 32.4 Å². The second-order valence-corrected chi connectivity index (χ2v) is 8.63. The monoisotopic (exact) mass is 557 g/mol. The van der Waals surface area contributed by atoms with Gasteiger partial charge in [-0.25, -0.2) is 0 Å². The highest BCUT2D eigenvalue weighted by Gasteiger charge is 2.32. The lowest BCUT2D eigenvalue weighted by molar-refractivity contribution is -0.141. The summed E-state index contributed by atoms with van der Waals surface area (Å²) in [4.78, 5) is 16.3. The summed E-state index contributed by atoms with van der Waals surface area (Å²) in [5.74, 6) is -0.468. The number of amides is 1. The molecule has 2 N–H and O–H groups in total. The number of likely N-dealkylation sites (N-methyl/N-ethyl adjacent to an activating group) is 1. The van der Waals surface area contributed by atoms with Crippen molar-refractivity contribution in [1.29, 1.82) is 0 Å². The SMILES string of the molecule is CNC(=O)[C@H](N[C@@H](CCc1ccc(C(F)(F)F)nc1)c1ccc(OC(F)F)c(OC)c1)c1ccc(Cl)cc1. The number of carbonyl (C=O) groups excluding carboxylic acids is 1. The lowest BCUT2D eigenvalue weighted by Crippen LogP contribution is -2.38. The van der Waals surface area contributed by atoms with Gasteiger partial charge < -0.3 is 14.8 Å². The van der Waals surface area contributed by atoms with Crippen molar-refractivity contribution >= 4 is 17.5 Å². The number of halogens is 6. The zero-order valence-electron chi connectivity index (χ0n) is 20.4. The van der Waals surface area contributed by atoms with E-state index in [4.69, 9.17) is 16.3 Å². The van der Waals surface area contributed by atoms with Gasteiger partial charge >= 0.3 is 12.8 Å². The Bertz CT molecular complexity index is 1210. The first-order valence-electron chi connectivity index (χ1n) is 11.4. The van der Waals surface area contributed by atoms with Crippen molar-refractivity contribution in [1.82, 2.24) is 15.6 Å². The summed E-state index contributed by atoms with van der Waals surface area (Å²) in [6, 6.07) is 11.9. The first kappa shape index (κ1) is 29.1. The smallest absolute Gasteiger partial charge is 0.433 e. The molecule has 204 valence electrons. The van der Waals surface area contributed by atoms with Crippen molar-refractivity contribution in [3.63, 3.8) is 0 Å². The van der Waals surface area contributed by atoms with E-state index < -0.39 is 30.6 Å². The van der Waals surface area contributed by atoms with E-state index in [2.05, 4.69) is 20.4 Å². The van der Waals surface area contributed by atoms with E-state index in [1.54, 1.807) is 30.3 Å². The molecule has 6 nitrogen and oxygen atoms in total. The standard InChI is InChI=1S/C26H25ClF5N3O3/c1-33-24(36)23(16-5-8-18(27)9-6-16)35-19(10-3-15-4-12-22(34-14-15)26(30,31)32)17-7-11-20(38-25(28)29)21(13-17)37-2/h4-9,11-14,19,23,25,35H,3,10H2,1-2H3,(H,33,36)/t19-,23+/m0/s1. The fourth-order valence-electron chi connectivity index (χ4n) is 3.82. The highest BCUT2D eigenvalue weighted by Crippen LogP contribution is 2.34. The third kappa shape index (κ3) is 7.78. The quantitative estimate of drug-likeness (QED) is 0.278. The molecule has 1 heterocycles. The lowest BCUT2D eigenvalue weighted by atomic mass is 9.96. The molecule has 3 rings (SSSR count). The predicted octanol–water partition coefficient (Wildman–Crippen LogP) is 6.11. The van der Waals surface area contributed by atoms with Crippen molar-refractivity contribution in [2.75, 3.05) is 14.2 Å². The van der Waals surface area contributed by atoms with Gasteiger partial charge in [0.15, 0.2) is 11.5 Å². The van der Waals surface area contributed by atoms with Crippen molar-refractivity contribution in [3.05, 3.63) is 88.2 Å². The molecule has 1 amide bonds. The summed E-state index contributed by atoms with van der Waals surface area (Å²) >= 11 is 6.00. The van der Waals surface area contributed by atoms with Crippen LogP contribution in [0.1, 0.15) is 40.9 Å². The average molecular weight is 558 g/mol. The highest BCUT2D eigenvalue weighted by atomic mass is 35.5. The molecule has 0 aliphatic heterocycles. The number of hydrogen-bond acceptors (Lipinski definition) is 5. The average Bonchev–Trinajstić information content (AvgIpc) is 2.89. The molecular formula is C26H25ClF5N3O3. The van der Waals surface area contributed by atoms with Crippen LogP contribution in [0.25, 0.3) is 0 Å². The van der Waals surface area contributed by atoms with Crippen molar-refractivity contribution in [2.45, 2.75) is 37.7 Å². The van der Waals surface area contributed by atoms with Crippen LogP contribution in [0, 0.1) is 0 Å². The van der Waals surface area contributed by atoms with Gasteiger partial charge in [-0.1, -0.05) is 35.9 Å². The van der Waals surface area contributed by atoms with E-state index in [9.17, 15) is 26.7 Å². The van der Waals surface area contributed by atoms with Crippen LogP contribution >= 0.6 is 11.6 Å². The first-order chi connectivity index (χ1) is 18.0. The molecule has 1 aromatic heterocycles. The maximum atomic E-state index is 12.9. The Kier molecular flexibility index (Phi) is 9.87. The van der Waals surface area contributed by atoms with Gasteiger partial charge in [-0.05, 0) is 59.9 Å². The fraction of sp³-hybridized carbons (Fsp3) is 0.308. The molecule has 2 atom stereocenters. The maximum Gasteiger partial charge on any atom is 0.433 e. The normalized spacial score (nSPS) is 13.2. The second kappa shape index (κ2) is 12.9. The minimum Gasteiger partial charge on any atom is -0.493 e. The predicted molar refractivity (Wildman–Crippen MR) is 131 cm³/mol. The molecule has 0 saturated carbocycles. The molecule has 0 radical (unpaired) electrons. The second-order valence-electron chi connectivity index (χ2n) is 8.19. The number of ether oxygens (including phenoxy) is 2. The minimum absolute atomic E-state index is 0.0498. The number of hydrogen-bond donors (Lipinski definition) is 2. The van der Waals surface area contributed by atoms with Crippen LogP contribution in [0.3, 0.4) is 0 Å². The summed E-state index contributed by atoms with van der Waals surface area (Å²) in [6.07, 6.45) is -2.80. The topological polar surface area (TPSA) is 72.5 Å². The number of methoxy groups -OCH3 is 1. The number of aromatic nitrogens is 1. The number of nitrogens with zero attached hydrogens (tertiary/aromatic N) is 1. The number of alkyl halides is 5. The van der Waals surface area contributed by atoms with Gasteiger partial charge in [0.2, 0.25) is 5.91 Å². The van der Waals surface area contributed by atoms with E-state index in [0.29, 0.717) is 34.6 Å². The van der Waals surface area contributed by atoms with Crippen molar-refractivity contribution < 1.29 is 36.2 Å². The Morgan fingerprint density at radius 2 is 1.71 bits per heavy atom. The van der Waals surface area contributed by atoms with E-state index in [-0.39, 0.29) is 17.4 Å². The van der Waals surface area contributed by atoms with Crippen LogP contribution in [0.5, 0.6) is 11.5 Å². The molecule has 0 unspecified atom stereocenters. The molecule has 0 saturated heterocycles. The number of benzene rings is 2. The summed E-state index contributed by atoms with van der Waals surface area (Å²) in [5, 5.41) is 6.36. The Morgan fingerprint density at radius 1 is 1.03 bits per heavy atom. The van der Waals surface area contributed by atoms with E-state index in [0.717, 1.165) is 12.3 Å². The summed E-state index contributed by atoms with van der Waals surface area (Å²) in [5.41, 5.74) is 0.723. The van der Waals surface area contributed by atoms with Gasteiger partial charge in [-0.3, -0.25) is 15.1 Å². The van der Waals surface area contributed by atoms with Gasteiger partial charge in [0.1, 0.15) is 11.7 Å².